The molecule has 0 amide bonds. The van der Waals surface area contributed by atoms with Crippen LogP contribution in [0.4, 0.5) is 0 Å². The first-order chi connectivity index (χ1) is 7.68. The van der Waals surface area contributed by atoms with Gasteiger partial charge >= 0.3 is 5.97 Å². The minimum Gasteiger partial charge on any atom is -0.480 e. The molecule has 1 heterocycles. The van der Waals surface area contributed by atoms with E-state index in [0.29, 0.717) is 10.7 Å². The van der Waals surface area contributed by atoms with E-state index in [1.807, 2.05) is 13.8 Å². The van der Waals surface area contributed by atoms with Gasteiger partial charge in [-0.05, 0) is 27.7 Å². The van der Waals surface area contributed by atoms with E-state index < -0.39 is 17.9 Å². The third kappa shape index (κ3) is 2.80. The molecule has 1 saturated heterocycles. The van der Waals surface area contributed by atoms with E-state index in [-0.39, 0.29) is 10.7 Å². The van der Waals surface area contributed by atoms with Gasteiger partial charge in [0.2, 0.25) is 0 Å². The van der Waals surface area contributed by atoms with Crippen molar-refractivity contribution in [2.24, 2.45) is 5.92 Å². The summed E-state index contributed by atoms with van der Waals surface area (Å²) in [7, 11) is 0. The van der Waals surface area contributed by atoms with E-state index in [2.05, 4.69) is 0 Å². The third-order valence-electron chi connectivity index (χ3n) is 2.99. The molecule has 0 bridgehead atoms. The summed E-state index contributed by atoms with van der Waals surface area (Å²) in [5.74, 6) is -0.842. The number of ketones is 1. The minimum absolute atomic E-state index is 0.0353. The molecular formula is C11H17NO3S2. The smallest absolute Gasteiger partial charge is 0.327 e. The zero-order chi connectivity index (χ0) is 13.4. The van der Waals surface area contributed by atoms with Crippen molar-refractivity contribution in [1.82, 2.24) is 4.90 Å². The van der Waals surface area contributed by atoms with Gasteiger partial charge in [0.1, 0.15) is 11.8 Å². The Morgan fingerprint density at radius 1 is 1.53 bits per heavy atom. The van der Waals surface area contributed by atoms with Gasteiger partial charge in [0.25, 0.3) is 0 Å². The average Bonchev–Trinajstić information content (AvgIpc) is 2.51. The largest absolute Gasteiger partial charge is 0.480 e. The Morgan fingerprint density at radius 2 is 2.06 bits per heavy atom. The number of Topliss-reactive ketones (excluding diaryl/α,β-unsaturated/α-hetero) is 1. The predicted octanol–water partition coefficient (Wildman–Crippen LogP) is 1.78. The molecule has 0 saturated carbocycles. The van der Waals surface area contributed by atoms with Crippen LogP contribution in [0.15, 0.2) is 0 Å². The Balaban J connectivity index is 3.02. The number of aliphatic carboxylic acids is 1. The highest BCUT2D eigenvalue weighted by Gasteiger charge is 2.46. The van der Waals surface area contributed by atoms with Gasteiger partial charge in [-0.1, -0.05) is 12.2 Å². The number of hydrogen-bond donors (Lipinski definition) is 1. The molecule has 0 aliphatic carbocycles. The fourth-order valence-electron chi connectivity index (χ4n) is 1.79. The molecule has 1 N–H and O–H groups in total. The minimum atomic E-state index is -0.888. The van der Waals surface area contributed by atoms with Gasteiger partial charge in [-0.2, -0.15) is 0 Å². The molecule has 1 fully saturated rings. The van der Waals surface area contributed by atoms with Crippen LogP contribution < -0.4 is 0 Å². The van der Waals surface area contributed by atoms with Gasteiger partial charge in [0.05, 0.1) is 15.8 Å². The van der Waals surface area contributed by atoms with Crippen molar-refractivity contribution < 1.29 is 14.7 Å². The summed E-state index contributed by atoms with van der Waals surface area (Å²) in [6.45, 7) is 7.06. The summed E-state index contributed by atoms with van der Waals surface area (Å²) in [5.41, 5.74) is 0. The topological polar surface area (TPSA) is 57.6 Å². The molecule has 0 aromatic rings. The normalized spacial score (nSPS) is 24.5. The second kappa shape index (κ2) is 4.94. The van der Waals surface area contributed by atoms with E-state index in [4.69, 9.17) is 12.2 Å². The van der Waals surface area contributed by atoms with Crippen molar-refractivity contribution in [3.8, 4) is 0 Å². The third-order valence-corrected chi connectivity index (χ3v) is 4.92. The Bertz CT molecular complexity index is 368. The first-order valence-corrected chi connectivity index (χ1v) is 6.78. The highest BCUT2D eigenvalue weighted by molar-refractivity contribution is 8.01. The first kappa shape index (κ1) is 14.4. The summed E-state index contributed by atoms with van der Waals surface area (Å²) in [6.07, 6.45) is 0. The number of hydrogen-bond acceptors (Lipinski definition) is 4. The lowest BCUT2D eigenvalue weighted by atomic mass is 10.0. The molecule has 6 heteroatoms. The van der Waals surface area contributed by atoms with E-state index in [1.165, 1.54) is 6.92 Å². The van der Waals surface area contributed by atoms with Crippen molar-refractivity contribution in [2.75, 3.05) is 5.75 Å². The summed E-state index contributed by atoms with van der Waals surface area (Å²) in [6, 6.07) is -0.635. The summed E-state index contributed by atoms with van der Waals surface area (Å²) < 4.78 is 0. The number of thioether (sulfide) groups is 1. The van der Waals surface area contributed by atoms with Crippen LogP contribution >= 0.6 is 24.0 Å². The van der Waals surface area contributed by atoms with Crippen molar-refractivity contribution in [2.45, 2.75) is 38.6 Å². The zero-order valence-corrected chi connectivity index (χ0v) is 12.0. The standard InChI is InChI=1S/C11H17NO3S2/c1-6(7(2)13)9(16)12-8(10(14)15)5-17-11(12,3)4/h6,8H,5H2,1-4H3,(H,14,15). The Kier molecular flexibility index (Phi) is 4.19. The first-order valence-electron chi connectivity index (χ1n) is 5.39. The lowest BCUT2D eigenvalue weighted by Gasteiger charge is -2.37. The lowest BCUT2D eigenvalue weighted by molar-refractivity contribution is -0.141. The Morgan fingerprint density at radius 3 is 2.47 bits per heavy atom. The van der Waals surface area contributed by atoms with Crippen molar-refractivity contribution in [1.29, 1.82) is 0 Å². The molecule has 2 unspecified atom stereocenters. The number of rotatable bonds is 3. The number of carboxylic acids is 1. The predicted molar refractivity (Wildman–Crippen MR) is 72.2 cm³/mol. The quantitative estimate of drug-likeness (QED) is 0.792. The monoisotopic (exact) mass is 275 g/mol. The highest BCUT2D eigenvalue weighted by Crippen LogP contribution is 2.40. The SMILES string of the molecule is CC(=O)C(C)C(=S)N1C(C(=O)O)CSC1(C)C. The van der Waals surface area contributed by atoms with Gasteiger partial charge < -0.3 is 10.0 Å². The molecule has 1 aliphatic heterocycles. The lowest BCUT2D eigenvalue weighted by Crippen LogP contribution is -2.51. The van der Waals surface area contributed by atoms with Gasteiger partial charge in [0, 0.05) is 5.75 Å². The number of thiocarbonyl (C=S) groups is 1. The van der Waals surface area contributed by atoms with Crippen molar-refractivity contribution in [3.63, 3.8) is 0 Å². The molecule has 0 aromatic carbocycles. The molecule has 0 radical (unpaired) electrons. The number of carbonyl (C=O) groups excluding carboxylic acids is 1. The number of nitrogens with zero attached hydrogens (tertiary/aromatic N) is 1. The summed E-state index contributed by atoms with van der Waals surface area (Å²) >= 11 is 6.83. The van der Waals surface area contributed by atoms with Crippen LogP contribution in [0.2, 0.25) is 0 Å². The van der Waals surface area contributed by atoms with Gasteiger partial charge in [-0.25, -0.2) is 4.79 Å². The summed E-state index contributed by atoms with van der Waals surface area (Å²) in [4.78, 5) is 24.3. The molecule has 2 atom stereocenters. The molecule has 1 rings (SSSR count). The van der Waals surface area contributed by atoms with Crippen molar-refractivity contribution in [3.05, 3.63) is 0 Å². The van der Waals surface area contributed by atoms with Crippen LogP contribution in [0.1, 0.15) is 27.7 Å². The van der Waals surface area contributed by atoms with Crippen LogP contribution in [0.5, 0.6) is 0 Å². The van der Waals surface area contributed by atoms with E-state index in [1.54, 1.807) is 23.6 Å². The van der Waals surface area contributed by atoms with Gasteiger partial charge in [-0.3, -0.25) is 4.79 Å². The van der Waals surface area contributed by atoms with Crippen LogP contribution in [0.25, 0.3) is 0 Å². The molecule has 4 nitrogen and oxygen atoms in total. The van der Waals surface area contributed by atoms with E-state index >= 15 is 0 Å². The second-order valence-corrected chi connectivity index (χ2v) is 6.69. The van der Waals surface area contributed by atoms with Crippen LogP contribution in [-0.4, -0.2) is 43.4 Å². The Hall–Kier alpha value is -0.620. The number of carbonyl (C=O) groups is 2. The maximum absolute atomic E-state index is 11.4. The second-order valence-electron chi connectivity index (χ2n) is 4.65. The molecule has 0 aromatic heterocycles. The van der Waals surface area contributed by atoms with Crippen LogP contribution in [-0.2, 0) is 9.59 Å². The fourth-order valence-corrected chi connectivity index (χ4v) is 3.59. The fraction of sp³-hybridized carbons (Fsp3) is 0.727. The number of carboxylic acid groups (broad SMARTS) is 1. The Labute approximate surface area is 111 Å². The van der Waals surface area contributed by atoms with Crippen molar-refractivity contribution >= 4 is 40.7 Å². The van der Waals surface area contributed by atoms with Crippen LogP contribution in [0.3, 0.4) is 0 Å². The molecule has 0 spiro atoms. The summed E-state index contributed by atoms with van der Waals surface area (Å²) in [5, 5.41) is 9.19. The molecule has 17 heavy (non-hydrogen) atoms. The molecule has 96 valence electrons. The maximum Gasteiger partial charge on any atom is 0.327 e. The van der Waals surface area contributed by atoms with Gasteiger partial charge in [0.15, 0.2) is 0 Å². The highest BCUT2D eigenvalue weighted by atomic mass is 32.2. The maximum atomic E-state index is 11.4. The van der Waals surface area contributed by atoms with Crippen LogP contribution in [0, 0.1) is 5.92 Å². The average molecular weight is 275 g/mol. The molecule has 1 aliphatic rings. The van der Waals surface area contributed by atoms with E-state index in [9.17, 15) is 14.7 Å². The van der Waals surface area contributed by atoms with E-state index in [0.717, 1.165) is 0 Å². The molecular weight excluding hydrogens is 258 g/mol. The zero-order valence-electron chi connectivity index (χ0n) is 10.4. The van der Waals surface area contributed by atoms with Gasteiger partial charge in [-0.15, -0.1) is 11.8 Å².